The Morgan fingerprint density at radius 3 is 2.55 bits per heavy atom. The molecule has 0 unspecified atom stereocenters. The van der Waals surface area contributed by atoms with E-state index in [0.717, 1.165) is 6.07 Å². The number of allylic oxidation sites excluding steroid dienone is 1. The molecule has 4 rings (SSSR count). The minimum Gasteiger partial charge on any atom is -0.487 e. The molecule has 0 saturated heterocycles. The van der Waals surface area contributed by atoms with Gasteiger partial charge in [-0.25, -0.2) is 21.6 Å². The maximum absolute atomic E-state index is 14.8. The molecule has 2 aromatic rings. The third-order valence-corrected chi connectivity index (χ3v) is 7.95. The highest BCUT2D eigenvalue weighted by atomic mass is 79.9. The van der Waals surface area contributed by atoms with Crippen LogP contribution in [0.3, 0.4) is 0 Å². The number of benzene rings is 2. The fourth-order valence-corrected chi connectivity index (χ4v) is 5.37. The highest BCUT2D eigenvalue weighted by Crippen LogP contribution is 2.49. The van der Waals surface area contributed by atoms with Crippen LogP contribution in [0.15, 0.2) is 40.9 Å². The molecule has 2 aromatic carbocycles. The van der Waals surface area contributed by atoms with Gasteiger partial charge >= 0.3 is 0 Å². The number of halogens is 4. The lowest BCUT2D eigenvalue weighted by molar-refractivity contribution is 0.358. The quantitative estimate of drug-likeness (QED) is 0.601. The largest absolute Gasteiger partial charge is 0.487 e. The SMILES string of the molecule is O=S1(=O)Nc2c(cc(F)c(F)c2Cc2ccc(Br)cc2F)OC/C=C/CC12CC2. The number of sulfonamides is 1. The second-order valence-electron chi connectivity index (χ2n) is 7.21. The van der Waals surface area contributed by atoms with Crippen LogP contribution in [0, 0.1) is 17.5 Å². The highest BCUT2D eigenvalue weighted by molar-refractivity contribution is 9.10. The number of hydrogen-bond donors (Lipinski definition) is 1. The van der Waals surface area contributed by atoms with Gasteiger partial charge in [0.25, 0.3) is 0 Å². The lowest BCUT2D eigenvalue weighted by Crippen LogP contribution is -2.30. The van der Waals surface area contributed by atoms with Crippen molar-refractivity contribution in [3.8, 4) is 5.75 Å². The summed E-state index contributed by atoms with van der Waals surface area (Å²) in [6.45, 7) is 0.0714. The van der Waals surface area contributed by atoms with Crippen molar-refractivity contribution >= 4 is 31.6 Å². The van der Waals surface area contributed by atoms with Crippen LogP contribution in [0.1, 0.15) is 30.4 Å². The third kappa shape index (κ3) is 3.77. The first-order valence-electron chi connectivity index (χ1n) is 8.97. The van der Waals surface area contributed by atoms with E-state index in [1.54, 1.807) is 18.2 Å². The van der Waals surface area contributed by atoms with E-state index in [1.165, 1.54) is 12.1 Å². The van der Waals surface area contributed by atoms with Crippen LogP contribution >= 0.6 is 15.9 Å². The third-order valence-electron chi connectivity index (χ3n) is 5.27. The van der Waals surface area contributed by atoms with Gasteiger partial charge in [0.05, 0.1) is 10.4 Å². The molecule has 0 amide bonds. The molecule has 9 heteroatoms. The zero-order chi connectivity index (χ0) is 20.8. The number of fused-ring (bicyclic) bond motifs is 1. The molecule has 0 aromatic heterocycles. The van der Waals surface area contributed by atoms with Gasteiger partial charge in [0.1, 0.15) is 18.2 Å². The molecule has 1 aliphatic carbocycles. The van der Waals surface area contributed by atoms with E-state index in [4.69, 9.17) is 4.74 Å². The molecule has 1 heterocycles. The average molecular weight is 488 g/mol. The van der Waals surface area contributed by atoms with Crippen molar-refractivity contribution in [2.24, 2.45) is 0 Å². The fraction of sp³-hybridized carbons (Fsp3) is 0.300. The molecule has 1 fully saturated rings. The molecule has 1 aliphatic heterocycles. The molecule has 29 heavy (non-hydrogen) atoms. The van der Waals surface area contributed by atoms with E-state index in [9.17, 15) is 21.6 Å². The van der Waals surface area contributed by atoms with Crippen LogP contribution in [0.5, 0.6) is 5.75 Å². The Morgan fingerprint density at radius 1 is 1.10 bits per heavy atom. The zero-order valence-corrected chi connectivity index (χ0v) is 17.5. The zero-order valence-electron chi connectivity index (χ0n) is 15.1. The van der Waals surface area contributed by atoms with Gasteiger partial charge in [-0.05, 0) is 37.0 Å². The molecule has 1 saturated carbocycles. The summed E-state index contributed by atoms with van der Waals surface area (Å²) in [5.41, 5.74) is -0.393. The van der Waals surface area contributed by atoms with E-state index >= 15 is 0 Å². The van der Waals surface area contributed by atoms with Crippen LogP contribution in [0.2, 0.25) is 0 Å². The summed E-state index contributed by atoms with van der Waals surface area (Å²) in [6, 6.07) is 5.01. The molecule has 2 aliphatic rings. The molecule has 1 spiro atoms. The Labute approximate surface area is 174 Å². The standard InChI is InChI=1S/C20H17BrF3NO3S/c21-13-4-3-12(15(22)10-13)9-14-18(24)16(23)11-17-19(14)25-29(26,27)20(6-7-20)5-1-2-8-28-17/h1-4,10-11,25H,5-9H2/b2-1+. The van der Waals surface area contributed by atoms with Gasteiger partial charge in [0.15, 0.2) is 11.6 Å². The van der Waals surface area contributed by atoms with Gasteiger partial charge in [0.2, 0.25) is 10.0 Å². The van der Waals surface area contributed by atoms with E-state index in [0.29, 0.717) is 23.7 Å². The number of anilines is 1. The van der Waals surface area contributed by atoms with Crippen molar-refractivity contribution in [2.75, 3.05) is 11.3 Å². The predicted molar refractivity (Wildman–Crippen MR) is 107 cm³/mol. The molecule has 154 valence electrons. The Balaban J connectivity index is 1.86. The Kier molecular flexibility index (Phi) is 5.14. The van der Waals surface area contributed by atoms with Gasteiger partial charge in [-0.2, -0.15) is 0 Å². The smallest absolute Gasteiger partial charge is 0.238 e. The van der Waals surface area contributed by atoms with Gasteiger partial charge in [-0.3, -0.25) is 4.72 Å². The number of nitrogens with one attached hydrogen (secondary N) is 1. The summed E-state index contributed by atoms with van der Waals surface area (Å²) < 4.78 is 76.7. The number of ether oxygens (including phenoxy) is 1. The number of rotatable bonds is 2. The maximum atomic E-state index is 14.8. The minimum absolute atomic E-state index is 0.0714. The summed E-state index contributed by atoms with van der Waals surface area (Å²) in [5.74, 6) is -3.20. The topological polar surface area (TPSA) is 55.4 Å². The van der Waals surface area contributed by atoms with E-state index in [2.05, 4.69) is 20.7 Å². The molecule has 4 nitrogen and oxygen atoms in total. The monoisotopic (exact) mass is 487 g/mol. The van der Waals surface area contributed by atoms with Crippen molar-refractivity contribution in [1.82, 2.24) is 0 Å². The maximum Gasteiger partial charge on any atom is 0.238 e. The van der Waals surface area contributed by atoms with Gasteiger partial charge in [-0.15, -0.1) is 0 Å². The van der Waals surface area contributed by atoms with Crippen LogP contribution in [-0.4, -0.2) is 19.8 Å². The van der Waals surface area contributed by atoms with Crippen molar-refractivity contribution < 1.29 is 26.3 Å². The molecule has 0 radical (unpaired) electrons. The Morgan fingerprint density at radius 2 is 1.86 bits per heavy atom. The first-order chi connectivity index (χ1) is 13.7. The first kappa shape index (κ1) is 20.3. The second kappa shape index (κ2) is 7.36. The Hall–Kier alpha value is -2.00. The van der Waals surface area contributed by atoms with Crippen molar-refractivity contribution in [3.63, 3.8) is 0 Å². The van der Waals surface area contributed by atoms with Crippen molar-refractivity contribution in [2.45, 2.75) is 30.4 Å². The van der Waals surface area contributed by atoms with Gasteiger partial charge in [0, 0.05) is 22.5 Å². The Bertz CT molecular complexity index is 1110. The van der Waals surface area contributed by atoms with Crippen LogP contribution in [-0.2, 0) is 16.4 Å². The summed E-state index contributed by atoms with van der Waals surface area (Å²) in [7, 11) is -3.90. The minimum atomic E-state index is -3.90. The summed E-state index contributed by atoms with van der Waals surface area (Å²) in [6.07, 6.45) is 4.28. The molecular formula is C20H17BrF3NO3S. The first-order valence-corrected chi connectivity index (χ1v) is 11.2. The normalized spacial score (nSPS) is 20.3. The van der Waals surface area contributed by atoms with E-state index in [1.807, 2.05) is 0 Å². The molecular weight excluding hydrogens is 471 g/mol. The van der Waals surface area contributed by atoms with Crippen LogP contribution in [0.25, 0.3) is 0 Å². The average Bonchev–Trinajstić information content (AvgIpc) is 3.44. The van der Waals surface area contributed by atoms with Gasteiger partial charge in [-0.1, -0.05) is 34.1 Å². The lowest BCUT2D eigenvalue weighted by atomic mass is 10.0. The van der Waals surface area contributed by atoms with E-state index in [-0.39, 0.29) is 35.6 Å². The summed E-state index contributed by atoms with van der Waals surface area (Å²) in [4.78, 5) is 0. The van der Waals surface area contributed by atoms with Gasteiger partial charge < -0.3 is 4.74 Å². The lowest BCUT2D eigenvalue weighted by Gasteiger charge is -2.22. The predicted octanol–water partition coefficient (Wildman–Crippen LogP) is 5.07. The summed E-state index contributed by atoms with van der Waals surface area (Å²) >= 11 is 3.15. The fourth-order valence-electron chi connectivity index (χ4n) is 3.37. The number of hydrogen-bond acceptors (Lipinski definition) is 3. The highest BCUT2D eigenvalue weighted by Gasteiger charge is 2.54. The molecule has 1 N–H and O–H groups in total. The van der Waals surface area contributed by atoms with Crippen LogP contribution in [0.4, 0.5) is 18.9 Å². The molecule has 0 atom stereocenters. The van der Waals surface area contributed by atoms with E-state index < -0.39 is 32.2 Å². The van der Waals surface area contributed by atoms with Crippen molar-refractivity contribution in [1.29, 1.82) is 0 Å². The van der Waals surface area contributed by atoms with Crippen LogP contribution < -0.4 is 9.46 Å². The molecule has 0 bridgehead atoms. The summed E-state index contributed by atoms with van der Waals surface area (Å²) in [5, 5.41) is 0. The van der Waals surface area contributed by atoms with Crippen molar-refractivity contribution in [3.05, 3.63) is 69.5 Å². The second-order valence-corrected chi connectivity index (χ2v) is 10.2.